The Morgan fingerprint density at radius 1 is 0.536 bits per heavy atom. The van der Waals surface area contributed by atoms with Gasteiger partial charge in [-0.25, -0.2) is 0 Å². The molecule has 0 aliphatic carbocycles. The zero-order chi connectivity index (χ0) is 19.9. The Bertz CT molecular complexity index is 685. The van der Waals surface area contributed by atoms with Crippen molar-refractivity contribution in [1.29, 1.82) is 0 Å². The summed E-state index contributed by atoms with van der Waals surface area (Å²) in [6.45, 7) is 7.55. The van der Waals surface area contributed by atoms with Crippen LogP contribution in [0.2, 0.25) is 0 Å². The SMILES string of the molecule is C=CCCCCCc1ccc(C#Cc2ccc(CCCCCC=C)cc2)cc1. The van der Waals surface area contributed by atoms with Crippen LogP contribution in [0.3, 0.4) is 0 Å². The normalized spacial score (nSPS) is 10.1. The average Bonchev–Trinajstić information content (AvgIpc) is 2.74. The van der Waals surface area contributed by atoms with E-state index >= 15 is 0 Å². The van der Waals surface area contributed by atoms with E-state index < -0.39 is 0 Å². The van der Waals surface area contributed by atoms with Crippen molar-refractivity contribution in [2.75, 3.05) is 0 Å². The van der Waals surface area contributed by atoms with Crippen LogP contribution in [0.1, 0.15) is 73.6 Å². The van der Waals surface area contributed by atoms with Gasteiger partial charge in [0.1, 0.15) is 0 Å². The zero-order valence-corrected chi connectivity index (χ0v) is 17.3. The van der Waals surface area contributed by atoms with Crippen molar-refractivity contribution in [1.82, 2.24) is 0 Å². The Morgan fingerprint density at radius 2 is 0.929 bits per heavy atom. The van der Waals surface area contributed by atoms with Gasteiger partial charge in [0.2, 0.25) is 0 Å². The molecule has 0 bridgehead atoms. The molecule has 0 unspecified atom stereocenters. The minimum absolute atomic E-state index is 1.08. The molecule has 0 heteroatoms. The highest BCUT2D eigenvalue weighted by Crippen LogP contribution is 2.11. The van der Waals surface area contributed by atoms with Gasteiger partial charge in [0, 0.05) is 11.1 Å². The van der Waals surface area contributed by atoms with Crippen molar-refractivity contribution < 1.29 is 0 Å². The van der Waals surface area contributed by atoms with Gasteiger partial charge in [-0.1, -0.05) is 61.1 Å². The van der Waals surface area contributed by atoms with Gasteiger partial charge in [0.05, 0.1) is 0 Å². The molecule has 0 radical (unpaired) electrons. The summed E-state index contributed by atoms with van der Waals surface area (Å²) in [4.78, 5) is 0. The molecule has 0 amide bonds. The summed E-state index contributed by atoms with van der Waals surface area (Å²) < 4.78 is 0. The number of aryl methyl sites for hydroxylation is 2. The van der Waals surface area contributed by atoms with Gasteiger partial charge in [0.25, 0.3) is 0 Å². The Balaban J connectivity index is 1.77. The third-order valence-corrected chi connectivity index (χ3v) is 5.01. The van der Waals surface area contributed by atoms with Crippen LogP contribution in [0.25, 0.3) is 0 Å². The summed E-state index contributed by atoms with van der Waals surface area (Å²) in [5.74, 6) is 6.57. The molecule has 146 valence electrons. The molecular weight excluding hydrogens is 336 g/mol. The molecule has 0 fully saturated rings. The zero-order valence-electron chi connectivity index (χ0n) is 17.3. The molecule has 2 aromatic carbocycles. The topological polar surface area (TPSA) is 0 Å². The van der Waals surface area contributed by atoms with Crippen molar-refractivity contribution in [2.45, 2.75) is 64.2 Å². The molecular formula is C28H34. The molecule has 0 heterocycles. The Labute approximate surface area is 172 Å². The van der Waals surface area contributed by atoms with Crippen LogP contribution >= 0.6 is 0 Å². The molecule has 0 saturated carbocycles. The number of allylic oxidation sites excluding steroid dienone is 2. The minimum atomic E-state index is 1.08. The Kier molecular flexibility index (Phi) is 10.6. The predicted molar refractivity (Wildman–Crippen MR) is 124 cm³/mol. The number of rotatable bonds is 12. The van der Waals surface area contributed by atoms with Gasteiger partial charge in [-0.2, -0.15) is 0 Å². The van der Waals surface area contributed by atoms with Crippen LogP contribution in [-0.4, -0.2) is 0 Å². The largest absolute Gasteiger partial charge is 0.103 e. The lowest BCUT2D eigenvalue weighted by atomic mass is 10.0. The summed E-state index contributed by atoms with van der Waals surface area (Å²) in [7, 11) is 0. The summed E-state index contributed by atoms with van der Waals surface area (Å²) in [5, 5.41) is 0. The predicted octanol–water partition coefficient (Wildman–Crippen LogP) is 7.66. The van der Waals surface area contributed by atoms with Gasteiger partial charge in [-0.15, -0.1) is 13.2 Å². The Morgan fingerprint density at radius 3 is 1.29 bits per heavy atom. The Hall–Kier alpha value is -2.52. The number of hydrogen-bond donors (Lipinski definition) is 0. The van der Waals surface area contributed by atoms with Crippen LogP contribution in [-0.2, 0) is 12.8 Å². The van der Waals surface area contributed by atoms with Crippen molar-refractivity contribution in [3.63, 3.8) is 0 Å². The average molecular weight is 371 g/mol. The highest BCUT2D eigenvalue weighted by molar-refractivity contribution is 5.44. The van der Waals surface area contributed by atoms with Crippen LogP contribution in [0.15, 0.2) is 73.8 Å². The molecule has 0 aliphatic heterocycles. The van der Waals surface area contributed by atoms with E-state index in [2.05, 4.69) is 73.5 Å². The maximum Gasteiger partial charge on any atom is 0.0249 e. The highest BCUT2D eigenvalue weighted by Gasteiger charge is 1.96. The van der Waals surface area contributed by atoms with Crippen LogP contribution in [0.4, 0.5) is 0 Å². The molecule has 0 saturated heterocycles. The van der Waals surface area contributed by atoms with Crippen molar-refractivity contribution in [3.8, 4) is 11.8 Å². The lowest BCUT2D eigenvalue weighted by Gasteiger charge is -2.02. The first-order chi connectivity index (χ1) is 13.8. The molecule has 0 nitrogen and oxygen atoms in total. The first-order valence-electron chi connectivity index (χ1n) is 10.7. The second-order valence-electron chi connectivity index (χ2n) is 7.42. The highest BCUT2D eigenvalue weighted by atomic mass is 14.0. The molecule has 2 aromatic rings. The van der Waals surface area contributed by atoms with E-state index in [9.17, 15) is 0 Å². The van der Waals surface area contributed by atoms with E-state index in [-0.39, 0.29) is 0 Å². The summed E-state index contributed by atoms with van der Waals surface area (Å²) in [6, 6.07) is 17.4. The first kappa shape index (κ1) is 21.8. The smallest absolute Gasteiger partial charge is 0.0249 e. The maximum absolute atomic E-state index is 3.77. The summed E-state index contributed by atoms with van der Waals surface area (Å²) in [6.07, 6.45) is 16.1. The molecule has 28 heavy (non-hydrogen) atoms. The van der Waals surface area contributed by atoms with E-state index in [1.165, 1.54) is 49.7 Å². The standard InChI is InChI=1S/C28H34/c1-3-5-7-9-11-13-25-15-19-27(20-16-25)23-24-28-21-17-26(18-22-28)14-12-10-8-6-4-2/h3-4,15-22H,1-2,5-14H2. The fraction of sp³-hybridized carbons (Fsp3) is 0.357. The molecule has 0 aromatic heterocycles. The minimum Gasteiger partial charge on any atom is -0.103 e. The van der Waals surface area contributed by atoms with E-state index in [0.29, 0.717) is 0 Å². The van der Waals surface area contributed by atoms with Crippen LogP contribution in [0.5, 0.6) is 0 Å². The van der Waals surface area contributed by atoms with E-state index in [4.69, 9.17) is 0 Å². The lowest BCUT2D eigenvalue weighted by Crippen LogP contribution is -1.87. The summed E-state index contributed by atoms with van der Waals surface area (Å²) >= 11 is 0. The van der Waals surface area contributed by atoms with Gasteiger partial charge >= 0.3 is 0 Å². The van der Waals surface area contributed by atoms with Gasteiger partial charge in [-0.3, -0.25) is 0 Å². The monoisotopic (exact) mass is 370 g/mol. The maximum atomic E-state index is 3.77. The second-order valence-corrected chi connectivity index (χ2v) is 7.42. The van der Waals surface area contributed by atoms with Gasteiger partial charge in [0.15, 0.2) is 0 Å². The van der Waals surface area contributed by atoms with Gasteiger partial charge < -0.3 is 0 Å². The third kappa shape index (κ3) is 8.92. The second kappa shape index (κ2) is 13.6. The van der Waals surface area contributed by atoms with E-state index in [0.717, 1.165) is 36.8 Å². The van der Waals surface area contributed by atoms with E-state index in [1.807, 2.05) is 12.2 Å². The molecule has 0 atom stereocenters. The fourth-order valence-corrected chi connectivity index (χ4v) is 3.24. The van der Waals surface area contributed by atoms with Crippen molar-refractivity contribution >= 4 is 0 Å². The van der Waals surface area contributed by atoms with Crippen molar-refractivity contribution in [2.24, 2.45) is 0 Å². The lowest BCUT2D eigenvalue weighted by molar-refractivity contribution is 0.687. The number of benzene rings is 2. The van der Waals surface area contributed by atoms with Crippen LogP contribution in [0, 0.1) is 11.8 Å². The number of unbranched alkanes of at least 4 members (excludes halogenated alkanes) is 6. The summed E-state index contributed by atoms with van der Waals surface area (Å²) in [5.41, 5.74) is 4.98. The quantitative estimate of drug-likeness (QED) is 0.204. The van der Waals surface area contributed by atoms with Crippen LogP contribution < -0.4 is 0 Å². The molecule has 0 spiro atoms. The molecule has 0 N–H and O–H groups in total. The number of hydrogen-bond acceptors (Lipinski definition) is 0. The van der Waals surface area contributed by atoms with Crippen molar-refractivity contribution in [3.05, 3.63) is 96.1 Å². The molecule has 2 rings (SSSR count). The fourth-order valence-electron chi connectivity index (χ4n) is 3.24. The van der Waals surface area contributed by atoms with E-state index in [1.54, 1.807) is 0 Å². The first-order valence-corrected chi connectivity index (χ1v) is 10.7. The van der Waals surface area contributed by atoms with Gasteiger partial charge in [-0.05, 0) is 86.8 Å². The molecule has 0 aliphatic rings. The third-order valence-electron chi connectivity index (χ3n) is 5.01.